The molecule has 0 aliphatic heterocycles. The molecule has 1 atom stereocenters. The molecule has 0 aromatic rings. The van der Waals surface area contributed by atoms with E-state index in [1.807, 2.05) is 0 Å². The quantitative estimate of drug-likeness (QED) is 0.0438. The number of aliphatic hydroxyl groups is 1. The molecule has 0 heterocycles. The SMILES string of the molecule is CCCCCCCCCCCCCCCCCCCCCCOC(=O)CCCCCCC/C=C\C[C@H](O)CCCCCC. The summed E-state index contributed by atoms with van der Waals surface area (Å²) >= 11 is 0. The van der Waals surface area contributed by atoms with Gasteiger partial charge >= 0.3 is 5.97 Å². The first-order chi connectivity index (χ1) is 21.2. The standard InChI is InChI=1S/C40H78O3/c1-3-5-7-9-10-11-12-13-14-15-16-17-18-19-20-21-24-27-30-34-38-43-40(42)37-33-29-26-23-22-25-28-32-36-39(41)35-31-8-6-4-2/h28,32,39,41H,3-27,29-31,33-38H2,1-2H3/b32-28-/t39-/m1/s1. The van der Waals surface area contributed by atoms with E-state index in [0.29, 0.717) is 13.0 Å². The summed E-state index contributed by atoms with van der Waals surface area (Å²) < 4.78 is 5.44. The number of hydrogen-bond acceptors (Lipinski definition) is 3. The van der Waals surface area contributed by atoms with Gasteiger partial charge in [0.1, 0.15) is 0 Å². The lowest BCUT2D eigenvalue weighted by atomic mass is 10.0. The van der Waals surface area contributed by atoms with Crippen molar-refractivity contribution in [1.82, 2.24) is 0 Å². The third kappa shape index (κ3) is 37.3. The number of allylic oxidation sites excluding steroid dienone is 1. The molecule has 0 aliphatic rings. The molecule has 0 aromatic carbocycles. The van der Waals surface area contributed by atoms with Crippen LogP contribution in [0.2, 0.25) is 0 Å². The van der Waals surface area contributed by atoms with Crippen LogP contribution >= 0.6 is 0 Å². The van der Waals surface area contributed by atoms with Crippen molar-refractivity contribution in [2.24, 2.45) is 0 Å². The molecule has 0 aliphatic carbocycles. The van der Waals surface area contributed by atoms with Gasteiger partial charge in [-0.1, -0.05) is 193 Å². The minimum atomic E-state index is -0.165. The third-order valence-electron chi connectivity index (χ3n) is 8.98. The zero-order valence-electron chi connectivity index (χ0n) is 29.5. The van der Waals surface area contributed by atoms with Gasteiger partial charge < -0.3 is 9.84 Å². The lowest BCUT2D eigenvalue weighted by Gasteiger charge is -2.07. The van der Waals surface area contributed by atoms with Crippen molar-refractivity contribution >= 4 is 5.97 Å². The topological polar surface area (TPSA) is 46.5 Å². The second kappa shape index (κ2) is 37.4. The van der Waals surface area contributed by atoms with Crippen molar-refractivity contribution in [2.75, 3.05) is 6.61 Å². The van der Waals surface area contributed by atoms with Crippen molar-refractivity contribution in [3.05, 3.63) is 12.2 Å². The fourth-order valence-electron chi connectivity index (χ4n) is 5.97. The molecule has 256 valence electrons. The molecule has 0 fully saturated rings. The molecule has 0 aromatic heterocycles. The molecule has 0 saturated heterocycles. The van der Waals surface area contributed by atoms with Crippen molar-refractivity contribution in [2.45, 2.75) is 232 Å². The Morgan fingerprint density at radius 1 is 0.512 bits per heavy atom. The van der Waals surface area contributed by atoms with Crippen LogP contribution in [0.4, 0.5) is 0 Å². The summed E-state index contributed by atoms with van der Waals surface area (Å²) in [7, 11) is 0. The van der Waals surface area contributed by atoms with Crippen molar-refractivity contribution in [3.8, 4) is 0 Å². The predicted octanol–water partition coefficient (Wildman–Crippen LogP) is 13.4. The highest BCUT2D eigenvalue weighted by Gasteiger charge is 2.03. The van der Waals surface area contributed by atoms with E-state index in [-0.39, 0.29) is 12.1 Å². The van der Waals surface area contributed by atoms with Crippen molar-refractivity contribution in [3.63, 3.8) is 0 Å². The lowest BCUT2D eigenvalue weighted by molar-refractivity contribution is -0.143. The Balaban J connectivity index is 3.22. The van der Waals surface area contributed by atoms with Crippen molar-refractivity contribution < 1.29 is 14.6 Å². The smallest absolute Gasteiger partial charge is 0.305 e. The maximum Gasteiger partial charge on any atom is 0.305 e. The van der Waals surface area contributed by atoms with Gasteiger partial charge in [0.15, 0.2) is 0 Å². The van der Waals surface area contributed by atoms with Crippen LogP contribution < -0.4 is 0 Å². The number of carbonyl (C=O) groups is 1. The summed E-state index contributed by atoms with van der Waals surface area (Å²) in [5, 5.41) is 9.99. The molecule has 0 amide bonds. The zero-order chi connectivity index (χ0) is 31.3. The Bertz CT molecular complexity index is 558. The fraction of sp³-hybridized carbons (Fsp3) is 0.925. The van der Waals surface area contributed by atoms with E-state index in [1.54, 1.807) is 0 Å². The van der Waals surface area contributed by atoms with Crippen LogP contribution in [0.15, 0.2) is 12.2 Å². The number of hydrogen-bond donors (Lipinski definition) is 1. The van der Waals surface area contributed by atoms with Gasteiger partial charge in [-0.3, -0.25) is 4.79 Å². The molecule has 1 N–H and O–H groups in total. The van der Waals surface area contributed by atoms with Crippen LogP contribution in [0.5, 0.6) is 0 Å². The summed E-state index contributed by atoms with van der Waals surface area (Å²) in [6.45, 7) is 5.12. The Kier molecular flexibility index (Phi) is 36.6. The summed E-state index contributed by atoms with van der Waals surface area (Å²) in [5.74, 6) is -0.00556. The molecule has 0 unspecified atom stereocenters. The highest BCUT2D eigenvalue weighted by atomic mass is 16.5. The number of esters is 1. The highest BCUT2D eigenvalue weighted by molar-refractivity contribution is 5.69. The number of ether oxygens (including phenoxy) is 1. The van der Waals surface area contributed by atoms with E-state index in [0.717, 1.165) is 44.9 Å². The maximum absolute atomic E-state index is 12.0. The van der Waals surface area contributed by atoms with Gasteiger partial charge in [0.25, 0.3) is 0 Å². The molecule has 43 heavy (non-hydrogen) atoms. The second-order valence-corrected chi connectivity index (χ2v) is 13.5. The van der Waals surface area contributed by atoms with Crippen LogP contribution in [0, 0.1) is 0 Å². The van der Waals surface area contributed by atoms with E-state index in [9.17, 15) is 9.90 Å². The second-order valence-electron chi connectivity index (χ2n) is 13.5. The van der Waals surface area contributed by atoms with Gasteiger partial charge in [-0.25, -0.2) is 0 Å². The van der Waals surface area contributed by atoms with Crippen LogP contribution in [0.3, 0.4) is 0 Å². The van der Waals surface area contributed by atoms with E-state index in [2.05, 4.69) is 26.0 Å². The van der Waals surface area contributed by atoms with Crippen molar-refractivity contribution in [1.29, 1.82) is 0 Å². The molecule has 0 spiro atoms. The molecule has 0 saturated carbocycles. The minimum Gasteiger partial charge on any atom is -0.466 e. The molecule has 3 heteroatoms. The van der Waals surface area contributed by atoms with Crippen LogP contribution in [0.25, 0.3) is 0 Å². The van der Waals surface area contributed by atoms with Crippen LogP contribution in [0.1, 0.15) is 226 Å². The van der Waals surface area contributed by atoms with Gasteiger partial charge in [0, 0.05) is 6.42 Å². The highest BCUT2D eigenvalue weighted by Crippen LogP contribution is 2.15. The zero-order valence-corrected chi connectivity index (χ0v) is 29.5. The number of carbonyl (C=O) groups excluding carboxylic acids is 1. The molecule has 0 rings (SSSR count). The Labute approximate surface area is 270 Å². The Hall–Kier alpha value is -0.830. The van der Waals surface area contributed by atoms with Gasteiger partial charge in [-0.15, -0.1) is 0 Å². The van der Waals surface area contributed by atoms with E-state index in [4.69, 9.17) is 4.74 Å². The number of rotatable bonds is 36. The predicted molar refractivity (Wildman–Crippen MR) is 190 cm³/mol. The van der Waals surface area contributed by atoms with Crippen LogP contribution in [-0.2, 0) is 9.53 Å². The first kappa shape index (κ1) is 42.2. The normalized spacial score (nSPS) is 12.3. The monoisotopic (exact) mass is 607 g/mol. The number of unbranched alkanes of at least 4 members (excludes halogenated alkanes) is 27. The molecule has 0 radical (unpaired) electrons. The molecular formula is C40H78O3. The Morgan fingerprint density at radius 3 is 1.40 bits per heavy atom. The van der Waals surface area contributed by atoms with E-state index >= 15 is 0 Å². The Morgan fingerprint density at radius 2 is 0.907 bits per heavy atom. The number of aliphatic hydroxyl groups excluding tert-OH is 1. The largest absolute Gasteiger partial charge is 0.466 e. The van der Waals surface area contributed by atoms with Gasteiger partial charge in [-0.05, 0) is 38.5 Å². The summed E-state index contributed by atoms with van der Waals surface area (Å²) in [5.41, 5.74) is 0. The average Bonchev–Trinajstić information content (AvgIpc) is 3.01. The van der Waals surface area contributed by atoms with Crippen LogP contribution in [-0.4, -0.2) is 23.8 Å². The fourth-order valence-corrected chi connectivity index (χ4v) is 5.97. The summed E-state index contributed by atoms with van der Waals surface area (Å²) in [6, 6.07) is 0. The average molecular weight is 607 g/mol. The van der Waals surface area contributed by atoms with E-state index in [1.165, 1.54) is 161 Å². The molecular weight excluding hydrogens is 528 g/mol. The van der Waals surface area contributed by atoms with Gasteiger partial charge in [0.2, 0.25) is 0 Å². The van der Waals surface area contributed by atoms with Gasteiger partial charge in [0.05, 0.1) is 12.7 Å². The van der Waals surface area contributed by atoms with Gasteiger partial charge in [-0.2, -0.15) is 0 Å². The maximum atomic E-state index is 12.0. The molecule has 3 nitrogen and oxygen atoms in total. The summed E-state index contributed by atoms with van der Waals surface area (Å²) in [4.78, 5) is 12.0. The lowest BCUT2D eigenvalue weighted by Crippen LogP contribution is -2.05. The first-order valence-corrected chi connectivity index (χ1v) is 19.7. The summed E-state index contributed by atoms with van der Waals surface area (Å²) in [6.07, 6.45) is 46.0. The van der Waals surface area contributed by atoms with E-state index < -0.39 is 0 Å². The third-order valence-corrected chi connectivity index (χ3v) is 8.98. The molecule has 0 bridgehead atoms. The first-order valence-electron chi connectivity index (χ1n) is 19.7. The minimum absolute atomic E-state index is 0.00556.